The molecule has 18 heavy (non-hydrogen) atoms. The minimum Gasteiger partial charge on any atom is -0.316 e. The summed E-state index contributed by atoms with van der Waals surface area (Å²) >= 11 is 0. The Bertz CT molecular complexity index is 414. The molecule has 0 aliphatic carbocycles. The molecule has 0 spiro atoms. The maximum absolute atomic E-state index is 13.1. The van der Waals surface area contributed by atoms with Crippen LogP contribution in [-0.2, 0) is 6.54 Å². The van der Waals surface area contributed by atoms with Gasteiger partial charge in [-0.3, -0.25) is 0 Å². The quantitative estimate of drug-likeness (QED) is 0.887. The first-order chi connectivity index (χ1) is 8.48. The maximum atomic E-state index is 13.1. The van der Waals surface area contributed by atoms with Gasteiger partial charge in [0.05, 0.1) is 0 Å². The van der Waals surface area contributed by atoms with Crippen LogP contribution in [-0.4, -0.2) is 31.6 Å². The summed E-state index contributed by atoms with van der Waals surface area (Å²) in [5.41, 5.74) is 1.10. The lowest BCUT2D eigenvalue weighted by Crippen LogP contribution is -2.34. The summed E-state index contributed by atoms with van der Waals surface area (Å²) in [6.07, 6.45) is 1.16. The average Bonchev–Trinajstić information content (AvgIpc) is 2.70. The van der Waals surface area contributed by atoms with Crippen LogP contribution in [0, 0.1) is 17.0 Å². The van der Waals surface area contributed by atoms with Crippen molar-refractivity contribution in [2.45, 2.75) is 19.9 Å². The molecule has 100 valence electrons. The topological polar surface area (TPSA) is 15.3 Å². The summed E-state index contributed by atoms with van der Waals surface area (Å²) < 4.78 is 25.9. The minimum atomic E-state index is -0.784. The normalized spacial score (nSPS) is 23.8. The van der Waals surface area contributed by atoms with Crippen LogP contribution in [0.25, 0.3) is 0 Å². The standard InChI is InChI=1S/C14H20F2N2/c1-14(5-6-17-9-14)10-18(2)8-11-3-4-12(15)13(16)7-11/h3-4,7,17H,5-6,8-10H2,1-2H3. The number of rotatable bonds is 4. The van der Waals surface area contributed by atoms with Crippen molar-refractivity contribution in [3.63, 3.8) is 0 Å². The number of hydrogen-bond donors (Lipinski definition) is 1. The van der Waals surface area contributed by atoms with Crippen molar-refractivity contribution in [3.8, 4) is 0 Å². The first kappa shape index (κ1) is 13.4. The predicted octanol–water partition coefficient (Wildman–Crippen LogP) is 2.40. The Kier molecular flexibility index (Phi) is 3.97. The van der Waals surface area contributed by atoms with Crippen molar-refractivity contribution in [3.05, 3.63) is 35.4 Å². The number of nitrogens with one attached hydrogen (secondary N) is 1. The molecule has 0 saturated carbocycles. The molecular weight excluding hydrogens is 234 g/mol. The number of halogens is 2. The van der Waals surface area contributed by atoms with Gasteiger partial charge in [0.2, 0.25) is 0 Å². The molecule has 0 radical (unpaired) electrons. The molecule has 1 unspecified atom stereocenters. The Morgan fingerprint density at radius 2 is 2.11 bits per heavy atom. The van der Waals surface area contributed by atoms with Crippen molar-refractivity contribution in [2.24, 2.45) is 5.41 Å². The third-order valence-corrected chi connectivity index (χ3v) is 3.55. The molecule has 1 aromatic rings. The van der Waals surface area contributed by atoms with Crippen LogP contribution in [0.2, 0.25) is 0 Å². The van der Waals surface area contributed by atoms with E-state index < -0.39 is 11.6 Å². The summed E-state index contributed by atoms with van der Waals surface area (Å²) in [7, 11) is 2.02. The van der Waals surface area contributed by atoms with Gasteiger partial charge in [-0.2, -0.15) is 0 Å². The van der Waals surface area contributed by atoms with Crippen molar-refractivity contribution in [1.82, 2.24) is 10.2 Å². The minimum absolute atomic E-state index is 0.285. The van der Waals surface area contributed by atoms with Gasteiger partial charge in [0, 0.05) is 19.6 Å². The largest absolute Gasteiger partial charge is 0.316 e. The van der Waals surface area contributed by atoms with Crippen LogP contribution in [0.3, 0.4) is 0 Å². The molecule has 0 bridgehead atoms. The monoisotopic (exact) mass is 254 g/mol. The van der Waals surface area contributed by atoms with Gasteiger partial charge in [0.25, 0.3) is 0 Å². The molecule has 2 rings (SSSR count). The Hall–Kier alpha value is -1.00. The molecule has 1 heterocycles. The zero-order chi connectivity index (χ0) is 13.2. The summed E-state index contributed by atoms with van der Waals surface area (Å²) in [5, 5.41) is 3.36. The molecule has 0 aromatic heterocycles. The van der Waals surface area contributed by atoms with Crippen LogP contribution >= 0.6 is 0 Å². The van der Waals surface area contributed by atoms with E-state index in [2.05, 4.69) is 17.1 Å². The summed E-state index contributed by atoms with van der Waals surface area (Å²) in [6.45, 7) is 5.95. The van der Waals surface area contributed by atoms with E-state index >= 15 is 0 Å². The lowest BCUT2D eigenvalue weighted by molar-refractivity contribution is 0.203. The van der Waals surface area contributed by atoms with E-state index in [1.54, 1.807) is 6.07 Å². The van der Waals surface area contributed by atoms with Gasteiger partial charge >= 0.3 is 0 Å². The average molecular weight is 254 g/mol. The van der Waals surface area contributed by atoms with Crippen LogP contribution in [0.4, 0.5) is 8.78 Å². The molecule has 1 atom stereocenters. The van der Waals surface area contributed by atoms with Crippen LogP contribution < -0.4 is 5.32 Å². The van der Waals surface area contributed by atoms with Crippen molar-refractivity contribution in [2.75, 3.05) is 26.7 Å². The maximum Gasteiger partial charge on any atom is 0.159 e. The Morgan fingerprint density at radius 3 is 2.72 bits per heavy atom. The fraction of sp³-hybridized carbons (Fsp3) is 0.571. The van der Waals surface area contributed by atoms with Crippen LogP contribution in [0.5, 0.6) is 0 Å². The lowest BCUT2D eigenvalue weighted by atomic mass is 9.89. The van der Waals surface area contributed by atoms with Crippen molar-refractivity contribution >= 4 is 0 Å². The molecule has 4 heteroatoms. The van der Waals surface area contributed by atoms with Crippen molar-refractivity contribution < 1.29 is 8.78 Å². The smallest absolute Gasteiger partial charge is 0.159 e. The second kappa shape index (κ2) is 5.33. The Labute approximate surface area is 107 Å². The van der Waals surface area contributed by atoms with E-state index in [4.69, 9.17) is 0 Å². The third kappa shape index (κ3) is 3.27. The Morgan fingerprint density at radius 1 is 1.33 bits per heavy atom. The van der Waals surface area contributed by atoms with Crippen molar-refractivity contribution in [1.29, 1.82) is 0 Å². The van der Waals surface area contributed by atoms with E-state index in [9.17, 15) is 8.78 Å². The zero-order valence-electron chi connectivity index (χ0n) is 11.0. The third-order valence-electron chi connectivity index (χ3n) is 3.55. The predicted molar refractivity (Wildman–Crippen MR) is 68.3 cm³/mol. The highest BCUT2D eigenvalue weighted by Crippen LogP contribution is 2.25. The fourth-order valence-electron chi connectivity index (χ4n) is 2.66. The van der Waals surface area contributed by atoms with Crippen LogP contribution in [0.1, 0.15) is 18.9 Å². The molecule has 1 saturated heterocycles. The first-order valence-corrected chi connectivity index (χ1v) is 6.32. The van der Waals surface area contributed by atoms with Gasteiger partial charge in [-0.1, -0.05) is 13.0 Å². The van der Waals surface area contributed by atoms with E-state index in [0.717, 1.165) is 31.6 Å². The van der Waals surface area contributed by atoms with Gasteiger partial charge in [-0.05, 0) is 43.1 Å². The SMILES string of the molecule is CN(Cc1ccc(F)c(F)c1)CC1(C)CCNC1. The lowest BCUT2D eigenvalue weighted by Gasteiger charge is -2.29. The van der Waals surface area contributed by atoms with E-state index in [0.29, 0.717) is 6.54 Å². The highest BCUT2D eigenvalue weighted by Gasteiger charge is 2.29. The number of hydrogen-bond acceptors (Lipinski definition) is 2. The second-order valence-electron chi connectivity index (χ2n) is 5.66. The van der Waals surface area contributed by atoms with E-state index in [-0.39, 0.29) is 5.41 Å². The molecule has 1 N–H and O–H groups in total. The van der Waals surface area contributed by atoms with Crippen LogP contribution in [0.15, 0.2) is 18.2 Å². The highest BCUT2D eigenvalue weighted by atomic mass is 19.2. The fourth-order valence-corrected chi connectivity index (χ4v) is 2.66. The van der Waals surface area contributed by atoms with Gasteiger partial charge in [0.1, 0.15) is 0 Å². The molecule has 1 aromatic carbocycles. The van der Waals surface area contributed by atoms with E-state index in [1.165, 1.54) is 12.1 Å². The molecule has 1 aliphatic heterocycles. The molecule has 2 nitrogen and oxygen atoms in total. The zero-order valence-corrected chi connectivity index (χ0v) is 11.0. The van der Waals surface area contributed by atoms with Gasteiger partial charge in [-0.25, -0.2) is 8.78 Å². The van der Waals surface area contributed by atoms with E-state index in [1.807, 2.05) is 7.05 Å². The summed E-state index contributed by atoms with van der Waals surface area (Å²) in [4.78, 5) is 2.17. The molecular formula is C14H20F2N2. The second-order valence-corrected chi connectivity index (χ2v) is 5.66. The van der Waals surface area contributed by atoms with Gasteiger partial charge in [0.15, 0.2) is 11.6 Å². The first-order valence-electron chi connectivity index (χ1n) is 6.32. The summed E-state index contributed by atoms with van der Waals surface area (Å²) in [5.74, 6) is -1.55. The molecule has 0 amide bonds. The van der Waals surface area contributed by atoms with Gasteiger partial charge < -0.3 is 10.2 Å². The number of nitrogens with zero attached hydrogens (tertiary/aromatic N) is 1. The molecule has 1 aliphatic rings. The van der Waals surface area contributed by atoms with Gasteiger partial charge in [-0.15, -0.1) is 0 Å². The Balaban J connectivity index is 1.94. The molecule has 1 fully saturated rings. The highest BCUT2D eigenvalue weighted by molar-refractivity contribution is 5.17. The summed E-state index contributed by atoms with van der Waals surface area (Å²) in [6, 6.07) is 4.11. The number of benzene rings is 1.